The van der Waals surface area contributed by atoms with E-state index >= 15 is 0 Å². The molecule has 2 fully saturated rings. The maximum Gasteiger partial charge on any atom is 0.312 e. The molecule has 0 bridgehead atoms. The molecule has 7 nitrogen and oxygen atoms in total. The molecule has 2 N–H and O–H groups in total. The highest BCUT2D eigenvalue weighted by atomic mass is 79.9. The van der Waals surface area contributed by atoms with Crippen LogP contribution in [0.1, 0.15) is 12.8 Å². The van der Waals surface area contributed by atoms with Crippen LogP contribution in [0.3, 0.4) is 0 Å². The van der Waals surface area contributed by atoms with E-state index in [0.717, 1.165) is 10.2 Å². The summed E-state index contributed by atoms with van der Waals surface area (Å²) < 4.78 is 28.4. The second-order valence-corrected chi connectivity index (χ2v) is 8.62. The number of benzene rings is 1. The lowest BCUT2D eigenvalue weighted by Crippen LogP contribution is -2.60. The Hall–Kier alpha value is -1.00. The molecule has 2 aliphatic rings. The van der Waals surface area contributed by atoms with E-state index < -0.39 is 27.8 Å². The Morgan fingerprint density at radius 3 is 2.23 bits per heavy atom. The lowest BCUT2D eigenvalue weighted by atomic mass is 9.79. The first-order valence-electron chi connectivity index (χ1n) is 8.59. The molecule has 1 aromatic rings. The molecule has 0 saturated carbocycles. The van der Waals surface area contributed by atoms with Gasteiger partial charge in [0.1, 0.15) is 10.8 Å². The number of carbonyl (C=O) groups is 1. The lowest BCUT2D eigenvalue weighted by Gasteiger charge is -2.46. The molecule has 2 heterocycles. The van der Waals surface area contributed by atoms with Gasteiger partial charge < -0.3 is 19.3 Å². The molecule has 3 rings (SSSR count). The van der Waals surface area contributed by atoms with Gasteiger partial charge in [0.05, 0.1) is 0 Å². The van der Waals surface area contributed by atoms with Crippen LogP contribution in [-0.4, -0.2) is 69.5 Å². The Kier molecular flexibility index (Phi) is 6.34. The summed E-state index contributed by atoms with van der Waals surface area (Å²) in [5.74, 6) is -1.01. The lowest BCUT2D eigenvalue weighted by molar-refractivity contribution is -0.158. The summed E-state index contributed by atoms with van der Waals surface area (Å²) >= 11 is 1.17. The summed E-state index contributed by atoms with van der Waals surface area (Å²) in [6.07, 6.45) is 0.512. The van der Waals surface area contributed by atoms with E-state index in [-0.39, 0.29) is 12.8 Å². The molecule has 2 aliphatic heterocycles. The molecule has 2 saturated heterocycles. The summed E-state index contributed by atoms with van der Waals surface area (Å²) in [7, 11) is 0. The van der Waals surface area contributed by atoms with Gasteiger partial charge in [-0.1, -0.05) is 15.9 Å². The van der Waals surface area contributed by atoms with Crippen LogP contribution in [0.15, 0.2) is 28.7 Å². The van der Waals surface area contributed by atoms with Crippen molar-refractivity contribution < 1.29 is 23.4 Å². The van der Waals surface area contributed by atoms with E-state index in [1.807, 2.05) is 29.2 Å². The van der Waals surface area contributed by atoms with Crippen molar-refractivity contribution >= 4 is 38.7 Å². The Bertz CT molecular complexity index is 658. The van der Waals surface area contributed by atoms with Crippen molar-refractivity contribution in [3.05, 3.63) is 28.7 Å². The summed E-state index contributed by atoms with van der Waals surface area (Å²) in [5.41, 5.74) is -0.147. The van der Waals surface area contributed by atoms with Gasteiger partial charge >= 0.3 is 5.97 Å². The van der Waals surface area contributed by atoms with Crippen LogP contribution in [0.5, 0.6) is 0 Å². The Morgan fingerprint density at radius 2 is 1.73 bits per heavy atom. The van der Waals surface area contributed by atoms with Crippen molar-refractivity contribution in [1.29, 1.82) is 0 Å². The third-order valence-corrected chi connectivity index (χ3v) is 6.97. The summed E-state index contributed by atoms with van der Waals surface area (Å²) in [4.78, 5) is 16.1. The van der Waals surface area contributed by atoms with Crippen molar-refractivity contribution in [3.63, 3.8) is 0 Å². The summed E-state index contributed by atoms with van der Waals surface area (Å²) in [6, 6.07) is 8.01. The highest BCUT2D eigenvalue weighted by Crippen LogP contribution is 2.39. The quantitative estimate of drug-likeness (QED) is 0.668. The van der Waals surface area contributed by atoms with Crippen LogP contribution in [-0.2, 0) is 20.6 Å². The first-order chi connectivity index (χ1) is 12.4. The van der Waals surface area contributed by atoms with Crippen LogP contribution in [0.25, 0.3) is 0 Å². The van der Waals surface area contributed by atoms with Crippen LogP contribution < -0.4 is 4.90 Å². The van der Waals surface area contributed by atoms with Gasteiger partial charge in [-0.3, -0.25) is 9.69 Å². The fraction of sp³-hybridized carbons (Fsp3) is 0.588. The Morgan fingerprint density at radius 1 is 1.15 bits per heavy atom. The van der Waals surface area contributed by atoms with Gasteiger partial charge in [-0.2, -0.15) is 0 Å². The van der Waals surface area contributed by atoms with Gasteiger partial charge in [-0.05, 0) is 37.1 Å². The summed E-state index contributed by atoms with van der Waals surface area (Å²) in [5, 5.41) is 8.93. The van der Waals surface area contributed by atoms with Gasteiger partial charge in [0, 0.05) is 49.6 Å². The van der Waals surface area contributed by atoms with Crippen molar-refractivity contribution in [2.45, 2.75) is 18.2 Å². The van der Waals surface area contributed by atoms with Crippen molar-refractivity contribution in [2.75, 3.05) is 44.3 Å². The number of rotatable bonds is 5. The SMILES string of the molecule is O=C(O)C1(C(N2CCN(c3ccc(Br)cc3)CC2)S(=O)O)CCOCC1. The zero-order chi connectivity index (χ0) is 18.7. The zero-order valence-corrected chi connectivity index (χ0v) is 16.7. The third-order valence-electron chi connectivity index (χ3n) is 5.31. The smallest absolute Gasteiger partial charge is 0.312 e. The van der Waals surface area contributed by atoms with E-state index in [2.05, 4.69) is 20.8 Å². The zero-order valence-electron chi connectivity index (χ0n) is 14.3. The molecule has 26 heavy (non-hydrogen) atoms. The second kappa shape index (κ2) is 8.35. The average molecular weight is 447 g/mol. The van der Waals surface area contributed by atoms with E-state index in [9.17, 15) is 18.7 Å². The maximum atomic E-state index is 12.1. The number of ether oxygens (including phenoxy) is 1. The molecule has 0 radical (unpaired) electrons. The standard InChI is InChI=1S/C17H23BrN2O5S/c18-13-1-3-14(4-2-13)19-7-9-20(10-8-19)15(26(23)24)17(16(21)22)5-11-25-12-6-17/h1-4,15H,5-12H2,(H,21,22)(H,23,24). The largest absolute Gasteiger partial charge is 0.481 e. The predicted octanol–water partition coefficient (Wildman–Crippen LogP) is 2.00. The minimum Gasteiger partial charge on any atom is -0.481 e. The molecule has 144 valence electrons. The highest BCUT2D eigenvalue weighted by molar-refractivity contribution is 9.10. The van der Waals surface area contributed by atoms with Crippen LogP contribution >= 0.6 is 15.9 Å². The average Bonchev–Trinajstić information content (AvgIpc) is 2.63. The van der Waals surface area contributed by atoms with E-state index in [1.54, 1.807) is 0 Å². The van der Waals surface area contributed by atoms with Crippen LogP contribution in [0.2, 0.25) is 0 Å². The predicted molar refractivity (Wildman–Crippen MR) is 103 cm³/mol. The summed E-state index contributed by atoms with van der Waals surface area (Å²) in [6.45, 7) is 3.06. The number of halogens is 1. The number of aliphatic carboxylic acids is 1. The van der Waals surface area contributed by atoms with Gasteiger partial charge in [-0.25, -0.2) is 4.21 Å². The van der Waals surface area contributed by atoms with Crippen LogP contribution in [0.4, 0.5) is 5.69 Å². The molecule has 2 unspecified atom stereocenters. The van der Waals surface area contributed by atoms with Gasteiger partial charge in [0.2, 0.25) is 0 Å². The first-order valence-corrected chi connectivity index (χ1v) is 10.6. The molecule has 0 aliphatic carbocycles. The molecule has 2 atom stereocenters. The van der Waals surface area contributed by atoms with Gasteiger partial charge in [-0.15, -0.1) is 0 Å². The number of piperazine rings is 1. The maximum absolute atomic E-state index is 12.1. The minimum absolute atomic E-state index is 0.256. The van der Waals surface area contributed by atoms with E-state index in [4.69, 9.17) is 4.74 Å². The number of hydrogen-bond donors (Lipinski definition) is 2. The Balaban J connectivity index is 1.75. The number of nitrogens with zero attached hydrogens (tertiary/aromatic N) is 2. The minimum atomic E-state index is -2.25. The molecular weight excluding hydrogens is 424 g/mol. The molecule has 1 aromatic carbocycles. The molecule has 9 heteroatoms. The van der Waals surface area contributed by atoms with Crippen molar-refractivity contribution in [3.8, 4) is 0 Å². The van der Waals surface area contributed by atoms with Crippen molar-refractivity contribution in [2.24, 2.45) is 5.41 Å². The topological polar surface area (TPSA) is 90.3 Å². The molecule has 0 spiro atoms. The fourth-order valence-electron chi connectivity index (χ4n) is 3.84. The van der Waals surface area contributed by atoms with Gasteiger partial charge in [0.25, 0.3) is 0 Å². The normalized spacial score (nSPS) is 23.4. The number of anilines is 1. The number of carboxylic acid groups (broad SMARTS) is 1. The highest BCUT2D eigenvalue weighted by Gasteiger charge is 2.52. The number of hydrogen-bond acceptors (Lipinski definition) is 5. The second-order valence-electron chi connectivity index (χ2n) is 6.70. The first kappa shape index (κ1) is 19.8. The molecule has 0 aromatic heterocycles. The van der Waals surface area contributed by atoms with Crippen LogP contribution in [0, 0.1) is 5.41 Å². The Labute approximate surface area is 163 Å². The monoisotopic (exact) mass is 446 g/mol. The van der Waals surface area contributed by atoms with Crippen molar-refractivity contribution in [1.82, 2.24) is 4.90 Å². The fourth-order valence-corrected chi connectivity index (χ4v) is 5.29. The van der Waals surface area contributed by atoms with Gasteiger partial charge in [0.15, 0.2) is 11.1 Å². The molecule has 0 amide bonds. The third kappa shape index (κ3) is 3.96. The van der Waals surface area contributed by atoms with E-state index in [1.165, 1.54) is 0 Å². The molecular formula is C17H23BrN2O5S. The van der Waals surface area contributed by atoms with E-state index in [0.29, 0.717) is 39.4 Å². The number of carboxylic acids is 1.